The molecule has 0 bridgehead atoms. The van der Waals surface area contributed by atoms with Gasteiger partial charge in [-0.1, -0.05) is 22.9 Å². The van der Waals surface area contributed by atoms with Crippen LogP contribution in [0.3, 0.4) is 0 Å². The van der Waals surface area contributed by atoms with Gasteiger partial charge in [-0.05, 0) is 30.9 Å². The molecular formula is C18H20N6O4. The molecule has 0 N–H and O–H groups in total. The van der Waals surface area contributed by atoms with Gasteiger partial charge < -0.3 is 19.6 Å². The average Bonchev–Trinajstić information content (AvgIpc) is 3.30. The van der Waals surface area contributed by atoms with Crippen LogP contribution in [-0.4, -0.2) is 41.7 Å². The minimum atomic E-state index is -0.596. The Balaban J connectivity index is 1.31. The van der Waals surface area contributed by atoms with Gasteiger partial charge in [0, 0.05) is 17.6 Å². The van der Waals surface area contributed by atoms with E-state index in [0.717, 1.165) is 11.4 Å². The molecule has 0 saturated carbocycles. The highest BCUT2D eigenvalue weighted by molar-refractivity contribution is 5.26. The van der Waals surface area contributed by atoms with E-state index in [1.54, 1.807) is 9.25 Å². The van der Waals surface area contributed by atoms with Crippen LogP contribution in [0.2, 0.25) is 0 Å². The topological polar surface area (TPSA) is 110 Å². The molecule has 3 heterocycles. The first-order valence-electron chi connectivity index (χ1n) is 8.89. The van der Waals surface area contributed by atoms with Crippen molar-refractivity contribution < 1.29 is 14.4 Å². The monoisotopic (exact) mass is 384 g/mol. The summed E-state index contributed by atoms with van der Waals surface area (Å²) in [4.78, 5) is 14.1. The van der Waals surface area contributed by atoms with Gasteiger partial charge in [-0.2, -0.15) is 0 Å². The average molecular weight is 384 g/mol. The van der Waals surface area contributed by atoms with Crippen molar-refractivity contribution in [1.82, 2.24) is 24.5 Å². The van der Waals surface area contributed by atoms with Crippen LogP contribution in [0.15, 0.2) is 36.7 Å². The maximum atomic E-state index is 10.8. The lowest BCUT2D eigenvalue weighted by atomic mass is 10.1. The molecule has 1 aromatic carbocycles. The smallest absolute Gasteiger partial charge is 0.415 e. The molecule has 1 unspecified atom stereocenters. The van der Waals surface area contributed by atoms with Gasteiger partial charge in [0.05, 0.1) is 25.4 Å². The fourth-order valence-corrected chi connectivity index (χ4v) is 3.14. The summed E-state index contributed by atoms with van der Waals surface area (Å²) in [6.07, 6.45) is 3.88. The van der Waals surface area contributed by atoms with E-state index in [4.69, 9.17) is 9.47 Å². The molecule has 0 spiro atoms. The quantitative estimate of drug-likeness (QED) is 0.453. The van der Waals surface area contributed by atoms with E-state index in [1.807, 2.05) is 44.3 Å². The highest BCUT2D eigenvalue weighted by Gasteiger charge is 2.40. The van der Waals surface area contributed by atoms with Gasteiger partial charge in [-0.25, -0.2) is 4.68 Å². The minimum Gasteiger partial charge on any atom is -0.493 e. The van der Waals surface area contributed by atoms with E-state index in [0.29, 0.717) is 26.1 Å². The number of aryl methyl sites for hydroxylation is 1. The highest BCUT2D eigenvalue weighted by atomic mass is 16.6. The van der Waals surface area contributed by atoms with Crippen molar-refractivity contribution in [2.24, 2.45) is 0 Å². The number of hydrogen-bond donors (Lipinski definition) is 0. The Kier molecular flexibility index (Phi) is 4.46. The second kappa shape index (κ2) is 6.95. The fourth-order valence-electron chi connectivity index (χ4n) is 3.14. The van der Waals surface area contributed by atoms with E-state index in [9.17, 15) is 10.1 Å². The van der Waals surface area contributed by atoms with Crippen LogP contribution in [-0.2, 0) is 19.5 Å². The van der Waals surface area contributed by atoms with E-state index in [2.05, 4.69) is 15.3 Å². The molecular weight excluding hydrogens is 364 g/mol. The number of aromatic nitrogens is 5. The van der Waals surface area contributed by atoms with E-state index >= 15 is 0 Å². The zero-order valence-electron chi connectivity index (χ0n) is 15.6. The van der Waals surface area contributed by atoms with Gasteiger partial charge in [0.1, 0.15) is 17.5 Å². The second-order valence-corrected chi connectivity index (χ2v) is 7.14. The van der Waals surface area contributed by atoms with Crippen LogP contribution in [0.25, 0.3) is 0 Å². The number of imidazole rings is 1. The molecule has 2 aromatic heterocycles. The maximum absolute atomic E-state index is 10.8. The predicted octanol–water partition coefficient (Wildman–Crippen LogP) is 2.16. The van der Waals surface area contributed by atoms with Crippen LogP contribution < -0.4 is 9.47 Å². The van der Waals surface area contributed by atoms with E-state index in [1.165, 1.54) is 11.8 Å². The Morgan fingerprint density at radius 3 is 2.82 bits per heavy atom. The van der Waals surface area contributed by atoms with E-state index < -0.39 is 10.5 Å². The molecule has 3 aromatic rings. The van der Waals surface area contributed by atoms with Gasteiger partial charge in [0.25, 0.3) is 0 Å². The van der Waals surface area contributed by atoms with Crippen molar-refractivity contribution >= 4 is 5.82 Å². The summed E-state index contributed by atoms with van der Waals surface area (Å²) in [7, 11) is 0. The van der Waals surface area contributed by atoms with Crippen LogP contribution in [0.1, 0.15) is 18.2 Å². The highest BCUT2D eigenvalue weighted by Crippen LogP contribution is 2.31. The number of nitro groups is 1. The van der Waals surface area contributed by atoms with Gasteiger partial charge in [0.2, 0.25) is 0 Å². The lowest BCUT2D eigenvalue weighted by Gasteiger charge is -2.21. The first kappa shape index (κ1) is 18.0. The summed E-state index contributed by atoms with van der Waals surface area (Å²) in [5, 5.41) is 19.1. The fraction of sp³-hybridized carbons (Fsp3) is 0.389. The molecule has 146 valence electrons. The van der Waals surface area contributed by atoms with Crippen LogP contribution in [0.5, 0.6) is 11.8 Å². The SMILES string of the molecule is Cc1ccc(OCCc2cn(CC3(C)Cn4cc([N+](=O)[O-])nc4O3)nn2)cc1. The van der Waals surface area contributed by atoms with Crippen LogP contribution >= 0.6 is 0 Å². The number of rotatable bonds is 7. The summed E-state index contributed by atoms with van der Waals surface area (Å²) < 4.78 is 14.9. The molecule has 0 amide bonds. The van der Waals surface area contributed by atoms with Crippen molar-refractivity contribution in [1.29, 1.82) is 0 Å². The Labute approximate surface area is 160 Å². The van der Waals surface area contributed by atoms with Crippen LogP contribution in [0, 0.1) is 17.0 Å². The molecule has 4 rings (SSSR count). The molecule has 1 atom stereocenters. The molecule has 0 aliphatic carbocycles. The lowest BCUT2D eigenvalue weighted by Crippen LogP contribution is -2.36. The molecule has 1 aliphatic heterocycles. The van der Waals surface area contributed by atoms with Gasteiger partial charge in [0.15, 0.2) is 0 Å². The van der Waals surface area contributed by atoms with Gasteiger partial charge >= 0.3 is 11.8 Å². The number of nitrogens with zero attached hydrogens (tertiary/aromatic N) is 6. The van der Waals surface area contributed by atoms with Crippen LogP contribution in [0.4, 0.5) is 5.82 Å². The Hall–Kier alpha value is -3.43. The minimum absolute atomic E-state index is 0.214. The molecule has 10 heteroatoms. The Morgan fingerprint density at radius 1 is 1.32 bits per heavy atom. The number of ether oxygens (including phenoxy) is 2. The molecule has 28 heavy (non-hydrogen) atoms. The molecule has 0 radical (unpaired) electrons. The normalized spacial score (nSPS) is 17.9. The summed E-state index contributed by atoms with van der Waals surface area (Å²) in [6, 6.07) is 8.15. The largest absolute Gasteiger partial charge is 0.493 e. The summed E-state index contributed by atoms with van der Waals surface area (Å²) in [6.45, 7) is 5.36. The van der Waals surface area contributed by atoms with Gasteiger partial charge in [-0.3, -0.25) is 4.57 Å². The first-order valence-corrected chi connectivity index (χ1v) is 8.89. The molecule has 1 aliphatic rings. The van der Waals surface area contributed by atoms with E-state index in [-0.39, 0.29) is 11.8 Å². The van der Waals surface area contributed by atoms with Crippen molar-refractivity contribution in [2.45, 2.75) is 39.0 Å². The zero-order chi connectivity index (χ0) is 19.7. The molecule has 0 fully saturated rings. The zero-order valence-corrected chi connectivity index (χ0v) is 15.6. The molecule has 0 saturated heterocycles. The predicted molar refractivity (Wildman–Crippen MR) is 98.3 cm³/mol. The lowest BCUT2D eigenvalue weighted by molar-refractivity contribution is -0.389. The summed E-state index contributed by atoms with van der Waals surface area (Å²) in [5.41, 5.74) is 1.41. The third-order valence-corrected chi connectivity index (χ3v) is 4.49. The third kappa shape index (κ3) is 3.80. The first-order chi connectivity index (χ1) is 13.4. The van der Waals surface area contributed by atoms with Crippen molar-refractivity contribution in [3.63, 3.8) is 0 Å². The molecule has 10 nitrogen and oxygen atoms in total. The third-order valence-electron chi connectivity index (χ3n) is 4.49. The maximum Gasteiger partial charge on any atom is 0.415 e. The second-order valence-electron chi connectivity index (χ2n) is 7.14. The summed E-state index contributed by atoms with van der Waals surface area (Å²) >= 11 is 0. The van der Waals surface area contributed by atoms with Crippen molar-refractivity contribution in [3.05, 3.63) is 58.0 Å². The number of hydrogen-bond acceptors (Lipinski definition) is 7. The number of fused-ring (bicyclic) bond motifs is 1. The van der Waals surface area contributed by atoms with Crippen molar-refractivity contribution in [2.75, 3.05) is 6.61 Å². The van der Waals surface area contributed by atoms with Gasteiger partial charge in [-0.15, -0.1) is 5.10 Å². The van der Waals surface area contributed by atoms with Crippen molar-refractivity contribution in [3.8, 4) is 11.8 Å². The standard InChI is InChI=1S/C18H20N6O4/c1-13-3-5-15(6-4-13)27-8-7-14-9-23(21-20-14)12-18(2)11-22-10-16(24(25)26)19-17(22)28-18/h3-6,9-10H,7-8,11-12H2,1-2H3. The summed E-state index contributed by atoms with van der Waals surface area (Å²) in [5.74, 6) is 0.613. The number of benzene rings is 1. The Morgan fingerprint density at radius 2 is 2.11 bits per heavy atom. The Bertz CT molecular complexity index is 970.